The molecule has 1 atom stereocenters. The van der Waals surface area contributed by atoms with Crippen LogP contribution in [0.15, 0.2) is 48.6 Å². The van der Waals surface area contributed by atoms with Crippen molar-refractivity contribution in [2.45, 2.75) is 46.5 Å². The first kappa shape index (κ1) is 16.7. The van der Waals surface area contributed by atoms with Gasteiger partial charge in [-0.1, -0.05) is 50.3 Å². The molecule has 3 rings (SSSR count). The average molecular weight is 320 g/mol. The largest absolute Gasteiger partial charge is 0.207 e. The highest BCUT2D eigenvalue weighted by atomic mass is 19.1. The molecule has 2 aromatic carbocycles. The van der Waals surface area contributed by atoms with Crippen LogP contribution in [0.25, 0.3) is 11.1 Å². The molecule has 0 aliphatic heterocycles. The number of aryl methyl sites for hydroxylation is 1. The molecule has 0 radical (unpaired) electrons. The Labute approximate surface area is 144 Å². The van der Waals surface area contributed by atoms with Crippen LogP contribution in [0.5, 0.6) is 0 Å². The second-order valence-corrected chi connectivity index (χ2v) is 6.96. The monoisotopic (exact) mass is 320 g/mol. The van der Waals surface area contributed by atoms with E-state index in [4.69, 9.17) is 0 Å². The van der Waals surface area contributed by atoms with Crippen molar-refractivity contribution < 1.29 is 4.39 Å². The lowest BCUT2D eigenvalue weighted by Crippen LogP contribution is -2.11. The Kier molecular flexibility index (Phi) is 4.45. The number of rotatable bonds is 3. The zero-order chi connectivity index (χ0) is 17.4. The third kappa shape index (κ3) is 2.84. The Morgan fingerprint density at radius 1 is 1.12 bits per heavy atom. The molecule has 2 aromatic rings. The van der Waals surface area contributed by atoms with Crippen molar-refractivity contribution in [2.75, 3.05) is 0 Å². The second-order valence-electron chi connectivity index (χ2n) is 6.96. The van der Waals surface area contributed by atoms with Crippen molar-refractivity contribution in [2.24, 2.45) is 0 Å². The predicted octanol–water partition coefficient (Wildman–Crippen LogP) is 6.69. The fourth-order valence-electron chi connectivity index (χ4n) is 3.63. The third-order valence-electron chi connectivity index (χ3n) is 5.35. The van der Waals surface area contributed by atoms with Gasteiger partial charge in [0.2, 0.25) is 0 Å². The summed E-state index contributed by atoms with van der Waals surface area (Å²) in [5.74, 6) is 0.335. The van der Waals surface area contributed by atoms with Crippen LogP contribution >= 0.6 is 0 Å². The Balaban J connectivity index is 2.16. The Morgan fingerprint density at radius 3 is 2.42 bits per heavy atom. The molecule has 24 heavy (non-hydrogen) atoms. The minimum atomic E-state index is -0.192. The zero-order valence-corrected chi connectivity index (χ0v) is 15.0. The maximum atomic E-state index is 13.3. The fraction of sp³-hybridized carbons (Fsp3) is 0.304. The molecular weight excluding hydrogens is 295 g/mol. The third-order valence-corrected chi connectivity index (χ3v) is 5.35. The molecule has 1 unspecified atom stereocenters. The first-order valence-corrected chi connectivity index (χ1v) is 8.71. The van der Waals surface area contributed by atoms with Crippen LogP contribution in [0, 0.1) is 12.7 Å². The van der Waals surface area contributed by atoms with E-state index >= 15 is 0 Å². The normalized spacial score (nSPS) is 15.5. The van der Waals surface area contributed by atoms with Crippen LogP contribution in [-0.2, 0) is 6.42 Å². The lowest BCUT2D eigenvalue weighted by Gasteiger charge is -2.28. The number of hydrogen-bond donors (Lipinski definition) is 0. The van der Waals surface area contributed by atoms with Gasteiger partial charge in [-0.25, -0.2) is 4.39 Å². The predicted molar refractivity (Wildman–Crippen MR) is 102 cm³/mol. The minimum absolute atomic E-state index is 0.192. The van der Waals surface area contributed by atoms with Crippen LogP contribution in [0.2, 0.25) is 0 Å². The number of hydrogen-bond acceptors (Lipinski definition) is 0. The molecule has 0 spiro atoms. The van der Waals surface area contributed by atoms with Crippen LogP contribution in [0.1, 0.15) is 60.9 Å². The summed E-state index contributed by atoms with van der Waals surface area (Å²) in [5, 5.41) is 0. The fourth-order valence-corrected chi connectivity index (χ4v) is 3.63. The highest BCUT2D eigenvalue weighted by Crippen LogP contribution is 2.42. The van der Waals surface area contributed by atoms with Crippen molar-refractivity contribution in [3.63, 3.8) is 0 Å². The Bertz CT molecular complexity index is 822. The molecule has 124 valence electrons. The van der Waals surface area contributed by atoms with E-state index in [2.05, 4.69) is 46.4 Å². The highest BCUT2D eigenvalue weighted by Gasteiger charge is 2.24. The lowest BCUT2D eigenvalue weighted by molar-refractivity contribution is 0.627. The van der Waals surface area contributed by atoms with Gasteiger partial charge in [0, 0.05) is 0 Å². The van der Waals surface area contributed by atoms with Gasteiger partial charge in [-0.2, -0.15) is 0 Å². The molecule has 0 aromatic heterocycles. The smallest absolute Gasteiger partial charge is 0.123 e. The molecule has 1 aliphatic carbocycles. The Hall–Kier alpha value is -2.15. The standard InChI is InChI=1S/C23H25F/c1-6-15(3)20-11-14(2)12-22-17(5)16(4)21(13-23(20)22)18-7-9-19(24)10-8-18/h7-12,15H,5-6,13H2,1-4H3. The van der Waals surface area contributed by atoms with Crippen molar-refractivity contribution >= 4 is 11.1 Å². The number of allylic oxidation sites excluding steroid dienone is 3. The maximum absolute atomic E-state index is 13.3. The Morgan fingerprint density at radius 2 is 1.79 bits per heavy atom. The van der Waals surface area contributed by atoms with Crippen LogP contribution in [-0.4, -0.2) is 0 Å². The van der Waals surface area contributed by atoms with Crippen LogP contribution < -0.4 is 0 Å². The van der Waals surface area contributed by atoms with E-state index in [1.807, 2.05) is 12.1 Å². The molecule has 0 N–H and O–H groups in total. The van der Waals surface area contributed by atoms with E-state index in [1.165, 1.54) is 33.4 Å². The molecule has 0 heterocycles. The van der Waals surface area contributed by atoms with Gasteiger partial charge in [-0.05, 0) is 83.7 Å². The van der Waals surface area contributed by atoms with Crippen molar-refractivity contribution in [1.82, 2.24) is 0 Å². The summed E-state index contributed by atoms with van der Waals surface area (Å²) >= 11 is 0. The van der Waals surface area contributed by atoms with Gasteiger partial charge in [0.15, 0.2) is 0 Å². The average Bonchev–Trinajstić information content (AvgIpc) is 2.58. The summed E-state index contributed by atoms with van der Waals surface area (Å²) in [7, 11) is 0. The summed E-state index contributed by atoms with van der Waals surface area (Å²) in [6.07, 6.45) is 2.02. The van der Waals surface area contributed by atoms with Gasteiger partial charge >= 0.3 is 0 Å². The van der Waals surface area contributed by atoms with Gasteiger partial charge in [0.1, 0.15) is 5.82 Å². The van der Waals surface area contributed by atoms with Gasteiger partial charge in [0.25, 0.3) is 0 Å². The maximum Gasteiger partial charge on any atom is 0.123 e. The number of fused-ring (bicyclic) bond motifs is 1. The molecule has 0 amide bonds. The van der Waals surface area contributed by atoms with E-state index in [0.29, 0.717) is 5.92 Å². The van der Waals surface area contributed by atoms with Gasteiger partial charge in [0.05, 0.1) is 0 Å². The van der Waals surface area contributed by atoms with Gasteiger partial charge in [-0.3, -0.25) is 0 Å². The summed E-state index contributed by atoms with van der Waals surface area (Å²) in [6, 6.07) is 11.4. The van der Waals surface area contributed by atoms with Gasteiger partial charge < -0.3 is 0 Å². The van der Waals surface area contributed by atoms with Crippen molar-refractivity contribution in [1.29, 1.82) is 0 Å². The molecule has 1 aliphatic rings. The summed E-state index contributed by atoms with van der Waals surface area (Å²) in [5.41, 5.74) is 10.1. The summed E-state index contributed by atoms with van der Waals surface area (Å²) in [6.45, 7) is 13.2. The van der Waals surface area contributed by atoms with Crippen molar-refractivity contribution in [3.05, 3.63) is 82.2 Å². The highest BCUT2D eigenvalue weighted by molar-refractivity contribution is 5.93. The lowest BCUT2D eigenvalue weighted by atomic mass is 9.76. The molecule has 0 saturated heterocycles. The van der Waals surface area contributed by atoms with Crippen LogP contribution in [0.4, 0.5) is 4.39 Å². The molecule has 0 nitrogen and oxygen atoms in total. The molecule has 0 bridgehead atoms. The molecule has 1 heteroatoms. The van der Waals surface area contributed by atoms with Gasteiger partial charge in [-0.15, -0.1) is 0 Å². The van der Waals surface area contributed by atoms with E-state index in [9.17, 15) is 4.39 Å². The number of benzene rings is 2. The SMILES string of the molecule is C=C1C(C)=C(c2ccc(F)cc2)Cc2c1cc(C)cc2C(C)CC. The minimum Gasteiger partial charge on any atom is -0.207 e. The topological polar surface area (TPSA) is 0 Å². The van der Waals surface area contributed by atoms with E-state index < -0.39 is 0 Å². The summed E-state index contributed by atoms with van der Waals surface area (Å²) < 4.78 is 13.3. The van der Waals surface area contributed by atoms with Crippen LogP contribution in [0.3, 0.4) is 0 Å². The first-order chi connectivity index (χ1) is 11.4. The first-order valence-electron chi connectivity index (χ1n) is 8.71. The zero-order valence-electron chi connectivity index (χ0n) is 15.0. The molecular formula is C23H25F. The molecule has 0 saturated carbocycles. The summed E-state index contributed by atoms with van der Waals surface area (Å²) in [4.78, 5) is 0. The quantitative estimate of drug-likeness (QED) is 0.591. The van der Waals surface area contributed by atoms with Crippen molar-refractivity contribution in [3.8, 4) is 0 Å². The van der Waals surface area contributed by atoms with E-state index in [0.717, 1.165) is 24.0 Å². The van der Waals surface area contributed by atoms with E-state index in [1.54, 1.807) is 12.1 Å². The number of halogens is 1. The van der Waals surface area contributed by atoms with E-state index in [-0.39, 0.29) is 5.82 Å². The second kappa shape index (κ2) is 6.39. The molecule has 0 fully saturated rings.